The fraction of sp³-hybridized carbons (Fsp3) is 0.0870. The van der Waals surface area contributed by atoms with Crippen molar-refractivity contribution >= 4 is 11.6 Å². The minimum atomic E-state index is 0.609. The summed E-state index contributed by atoms with van der Waals surface area (Å²) in [5.41, 5.74) is 6.18. The van der Waals surface area contributed by atoms with Gasteiger partial charge in [0.05, 0.1) is 0 Å². The van der Waals surface area contributed by atoms with Gasteiger partial charge in [-0.2, -0.15) is 0 Å². The summed E-state index contributed by atoms with van der Waals surface area (Å²) in [6.45, 7) is 4.18. The summed E-state index contributed by atoms with van der Waals surface area (Å²) in [5, 5.41) is 3.47. The third kappa shape index (κ3) is 3.11. The number of hydrogen-bond donors (Lipinski definition) is 1. The van der Waals surface area contributed by atoms with Crippen molar-refractivity contribution in [1.82, 2.24) is 4.98 Å². The molecule has 0 spiro atoms. The van der Waals surface area contributed by atoms with Crippen LogP contribution in [0.1, 0.15) is 11.1 Å². The van der Waals surface area contributed by atoms with Gasteiger partial charge in [-0.05, 0) is 37.1 Å². The Morgan fingerprint density at radius 2 is 1.27 bits per heavy atom. The predicted octanol–water partition coefficient (Wildman–Crippen LogP) is 6.37. The highest BCUT2D eigenvalue weighted by Gasteiger charge is 2.17. The van der Waals surface area contributed by atoms with E-state index in [-0.39, 0.29) is 0 Å². The van der Waals surface area contributed by atoms with Gasteiger partial charge in [0.2, 0.25) is 11.8 Å². The van der Waals surface area contributed by atoms with Gasteiger partial charge >= 0.3 is 0 Å². The van der Waals surface area contributed by atoms with Crippen LogP contribution < -0.4 is 5.32 Å². The van der Waals surface area contributed by atoms with E-state index in [0.717, 1.165) is 22.5 Å². The molecule has 3 heteroatoms. The predicted molar refractivity (Wildman–Crippen MR) is 107 cm³/mol. The first-order chi connectivity index (χ1) is 12.7. The van der Waals surface area contributed by atoms with Crippen molar-refractivity contribution in [3.8, 4) is 22.7 Å². The van der Waals surface area contributed by atoms with Crippen molar-refractivity contribution in [2.75, 3.05) is 5.32 Å². The van der Waals surface area contributed by atoms with Crippen LogP contribution in [0.3, 0.4) is 0 Å². The Labute approximate surface area is 153 Å². The van der Waals surface area contributed by atoms with Crippen LogP contribution in [0.15, 0.2) is 83.3 Å². The summed E-state index contributed by atoms with van der Waals surface area (Å²) in [6.07, 6.45) is 0. The van der Waals surface area contributed by atoms with Crippen molar-refractivity contribution in [1.29, 1.82) is 0 Å². The lowest BCUT2D eigenvalue weighted by Crippen LogP contribution is -1.96. The van der Waals surface area contributed by atoms with Gasteiger partial charge in [0.15, 0.2) is 0 Å². The molecule has 0 amide bonds. The summed E-state index contributed by atoms with van der Waals surface area (Å²) in [4.78, 5) is 4.78. The molecule has 4 aromatic rings. The first-order valence-corrected chi connectivity index (χ1v) is 8.67. The van der Waals surface area contributed by atoms with Gasteiger partial charge in [0.25, 0.3) is 0 Å². The fourth-order valence-corrected chi connectivity index (χ4v) is 3.03. The molecule has 1 N–H and O–H groups in total. The largest absolute Gasteiger partial charge is 0.420 e. The molecule has 0 aliphatic heterocycles. The maximum atomic E-state index is 6.15. The zero-order chi connectivity index (χ0) is 17.9. The molecule has 3 aromatic carbocycles. The zero-order valence-electron chi connectivity index (χ0n) is 14.9. The van der Waals surface area contributed by atoms with E-state index in [1.807, 2.05) is 60.7 Å². The molecule has 0 saturated heterocycles. The van der Waals surface area contributed by atoms with Gasteiger partial charge in [0.1, 0.15) is 5.69 Å². The number of oxazole rings is 1. The lowest BCUT2D eigenvalue weighted by atomic mass is 10.1. The molecule has 0 radical (unpaired) electrons. The van der Waals surface area contributed by atoms with Crippen molar-refractivity contribution in [2.24, 2.45) is 0 Å². The van der Waals surface area contributed by atoms with E-state index in [2.05, 4.69) is 37.4 Å². The average molecular weight is 340 g/mol. The highest BCUT2D eigenvalue weighted by Crippen LogP contribution is 2.35. The molecule has 0 fully saturated rings. The van der Waals surface area contributed by atoms with Gasteiger partial charge in [0, 0.05) is 16.8 Å². The molecule has 0 atom stereocenters. The van der Waals surface area contributed by atoms with Gasteiger partial charge in [-0.25, -0.2) is 4.98 Å². The number of hydrogen-bond acceptors (Lipinski definition) is 3. The van der Waals surface area contributed by atoms with Gasteiger partial charge in [-0.1, -0.05) is 66.7 Å². The van der Waals surface area contributed by atoms with E-state index in [1.165, 1.54) is 11.1 Å². The summed E-state index contributed by atoms with van der Waals surface area (Å²) in [7, 11) is 0. The second-order valence-electron chi connectivity index (χ2n) is 6.32. The number of rotatable bonds is 4. The third-order valence-corrected chi connectivity index (χ3v) is 4.41. The van der Waals surface area contributed by atoms with Crippen molar-refractivity contribution in [3.05, 3.63) is 90.0 Å². The summed E-state index contributed by atoms with van der Waals surface area (Å²) in [5.74, 6) is 1.27. The van der Waals surface area contributed by atoms with Crippen LogP contribution in [0.2, 0.25) is 0 Å². The molecule has 128 valence electrons. The minimum Gasteiger partial charge on any atom is -0.420 e. The molecule has 4 rings (SSSR count). The minimum absolute atomic E-state index is 0.609. The van der Waals surface area contributed by atoms with E-state index in [0.29, 0.717) is 11.8 Å². The van der Waals surface area contributed by atoms with Crippen molar-refractivity contribution in [2.45, 2.75) is 13.8 Å². The second kappa shape index (κ2) is 6.89. The molecule has 1 heterocycles. The van der Waals surface area contributed by atoms with Crippen molar-refractivity contribution in [3.63, 3.8) is 0 Å². The maximum Gasteiger partial charge on any atom is 0.229 e. The summed E-state index contributed by atoms with van der Waals surface area (Å²) >= 11 is 0. The van der Waals surface area contributed by atoms with Crippen LogP contribution in [0.4, 0.5) is 11.6 Å². The monoisotopic (exact) mass is 340 g/mol. The van der Waals surface area contributed by atoms with Crippen LogP contribution >= 0.6 is 0 Å². The number of anilines is 2. The number of aryl methyl sites for hydroxylation is 2. The van der Waals surface area contributed by atoms with Crippen LogP contribution in [-0.4, -0.2) is 4.98 Å². The molecular formula is C23H20N2O. The Balaban J connectivity index is 1.83. The molecule has 0 bridgehead atoms. The van der Waals surface area contributed by atoms with Gasteiger partial charge in [-0.3, -0.25) is 0 Å². The Bertz CT molecular complexity index is 1000. The first-order valence-electron chi connectivity index (χ1n) is 8.67. The summed E-state index contributed by atoms with van der Waals surface area (Å²) < 4.78 is 6.15. The molecule has 0 aliphatic rings. The van der Waals surface area contributed by atoms with E-state index >= 15 is 0 Å². The van der Waals surface area contributed by atoms with Crippen LogP contribution in [0, 0.1) is 13.8 Å². The smallest absolute Gasteiger partial charge is 0.229 e. The Hall–Kier alpha value is -3.33. The van der Waals surface area contributed by atoms with Crippen LogP contribution in [0.25, 0.3) is 22.7 Å². The molecule has 1 aromatic heterocycles. The highest BCUT2D eigenvalue weighted by molar-refractivity contribution is 5.78. The number of para-hydroxylation sites is 1. The molecule has 0 unspecified atom stereocenters. The lowest BCUT2D eigenvalue weighted by molar-refractivity contribution is 0.591. The lowest BCUT2D eigenvalue weighted by Gasteiger charge is -2.11. The average Bonchev–Trinajstić information content (AvgIpc) is 3.10. The Morgan fingerprint density at radius 3 is 1.88 bits per heavy atom. The SMILES string of the molecule is Cc1cccc(C)c1Nc1oc(-c2ccccc2)nc1-c1ccccc1. The standard InChI is InChI=1S/C23H20N2O/c1-16-10-9-11-17(2)20(16)24-23-21(18-12-5-3-6-13-18)25-22(26-23)19-14-7-4-8-15-19/h3-15,24H,1-2H3. The first kappa shape index (κ1) is 16.2. The van der Waals surface area contributed by atoms with E-state index in [9.17, 15) is 0 Å². The molecular weight excluding hydrogens is 320 g/mol. The normalized spacial score (nSPS) is 10.7. The Kier molecular flexibility index (Phi) is 4.28. The van der Waals surface area contributed by atoms with Crippen LogP contribution in [-0.2, 0) is 0 Å². The number of nitrogens with zero attached hydrogens (tertiary/aromatic N) is 1. The number of nitrogens with one attached hydrogen (secondary N) is 1. The fourth-order valence-electron chi connectivity index (χ4n) is 3.03. The maximum absolute atomic E-state index is 6.15. The molecule has 0 aliphatic carbocycles. The van der Waals surface area contributed by atoms with Gasteiger partial charge < -0.3 is 9.73 Å². The third-order valence-electron chi connectivity index (χ3n) is 4.41. The van der Waals surface area contributed by atoms with E-state index < -0.39 is 0 Å². The zero-order valence-corrected chi connectivity index (χ0v) is 14.9. The number of aromatic nitrogens is 1. The van der Waals surface area contributed by atoms with E-state index in [1.54, 1.807) is 0 Å². The molecule has 0 saturated carbocycles. The molecule has 3 nitrogen and oxygen atoms in total. The second-order valence-corrected chi connectivity index (χ2v) is 6.32. The topological polar surface area (TPSA) is 38.1 Å². The number of benzene rings is 3. The van der Waals surface area contributed by atoms with Gasteiger partial charge in [-0.15, -0.1) is 0 Å². The van der Waals surface area contributed by atoms with Crippen molar-refractivity contribution < 1.29 is 4.42 Å². The Morgan fingerprint density at radius 1 is 0.692 bits per heavy atom. The molecule has 26 heavy (non-hydrogen) atoms. The highest BCUT2D eigenvalue weighted by atomic mass is 16.4. The van der Waals surface area contributed by atoms with Crippen LogP contribution in [0.5, 0.6) is 0 Å². The quantitative estimate of drug-likeness (QED) is 0.469. The summed E-state index contributed by atoms with van der Waals surface area (Å²) in [6, 6.07) is 26.3. The van der Waals surface area contributed by atoms with E-state index in [4.69, 9.17) is 9.40 Å².